The van der Waals surface area contributed by atoms with Crippen LogP contribution in [0.3, 0.4) is 0 Å². The van der Waals surface area contributed by atoms with Crippen molar-refractivity contribution in [3.05, 3.63) is 17.5 Å². The van der Waals surface area contributed by atoms with Crippen LogP contribution in [0, 0.1) is 6.92 Å². The third-order valence-electron chi connectivity index (χ3n) is 2.55. The number of aromatic amines is 1. The standard InChI is InChI=1S/C12H19N3O3/c1-5-18-11(16)7-15(8(2)3)12(17)10-6-13-14-9(10)4/h6,8H,5,7H2,1-4H3,(H,13,14). The van der Waals surface area contributed by atoms with Crippen LogP contribution >= 0.6 is 0 Å². The largest absolute Gasteiger partial charge is 0.465 e. The highest BCUT2D eigenvalue weighted by Gasteiger charge is 2.24. The zero-order valence-corrected chi connectivity index (χ0v) is 11.2. The van der Waals surface area contributed by atoms with Gasteiger partial charge in [-0.1, -0.05) is 0 Å². The molecule has 0 aliphatic heterocycles. The third-order valence-corrected chi connectivity index (χ3v) is 2.55. The minimum atomic E-state index is -0.402. The molecule has 0 spiro atoms. The third kappa shape index (κ3) is 3.32. The van der Waals surface area contributed by atoms with Gasteiger partial charge in [0.05, 0.1) is 18.4 Å². The van der Waals surface area contributed by atoms with Gasteiger partial charge in [0.25, 0.3) is 5.91 Å². The number of aromatic nitrogens is 2. The molecule has 0 atom stereocenters. The molecule has 1 rings (SSSR count). The minimum absolute atomic E-state index is 0.0467. The maximum atomic E-state index is 12.3. The fourth-order valence-electron chi connectivity index (χ4n) is 1.56. The van der Waals surface area contributed by atoms with Gasteiger partial charge in [-0.2, -0.15) is 5.10 Å². The fraction of sp³-hybridized carbons (Fsp3) is 0.583. The van der Waals surface area contributed by atoms with E-state index in [1.165, 1.54) is 11.1 Å². The quantitative estimate of drug-likeness (QED) is 0.798. The number of rotatable bonds is 5. The molecular weight excluding hydrogens is 234 g/mol. The molecule has 100 valence electrons. The molecule has 0 bridgehead atoms. The van der Waals surface area contributed by atoms with Gasteiger partial charge >= 0.3 is 5.97 Å². The summed E-state index contributed by atoms with van der Waals surface area (Å²) in [6.07, 6.45) is 1.47. The molecule has 0 saturated carbocycles. The molecule has 0 aliphatic rings. The second-order valence-corrected chi connectivity index (χ2v) is 4.24. The van der Waals surface area contributed by atoms with E-state index in [2.05, 4.69) is 10.2 Å². The van der Waals surface area contributed by atoms with Crippen LogP contribution < -0.4 is 0 Å². The maximum Gasteiger partial charge on any atom is 0.325 e. The summed E-state index contributed by atoms with van der Waals surface area (Å²) >= 11 is 0. The van der Waals surface area contributed by atoms with Crippen molar-refractivity contribution >= 4 is 11.9 Å². The van der Waals surface area contributed by atoms with Gasteiger partial charge in [0, 0.05) is 11.7 Å². The minimum Gasteiger partial charge on any atom is -0.465 e. The zero-order chi connectivity index (χ0) is 13.7. The van der Waals surface area contributed by atoms with Crippen molar-refractivity contribution in [1.29, 1.82) is 0 Å². The topological polar surface area (TPSA) is 75.3 Å². The van der Waals surface area contributed by atoms with Gasteiger partial charge in [-0.3, -0.25) is 14.7 Å². The number of nitrogens with one attached hydrogen (secondary N) is 1. The lowest BCUT2D eigenvalue weighted by molar-refractivity contribution is -0.144. The normalized spacial score (nSPS) is 10.5. The SMILES string of the molecule is CCOC(=O)CN(C(=O)c1cn[nH]c1C)C(C)C. The summed E-state index contributed by atoms with van der Waals surface area (Å²) < 4.78 is 4.86. The van der Waals surface area contributed by atoms with Gasteiger partial charge < -0.3 is 9.64 Å². The Bertz CT molecular complexity index is 426. The molecule has 1 aromatic rings. The van der Waals surface area contributed by atoms with Gasteiger partial charge in [-0.25, -0.2) is 0 Å². The summed E-state index contributed by atoms with van der Waals surface area (Å²) in [5, 5.41) is 6.52. The number of amides is 1. The van der Waals surface area contributed by atoms with E-state index in [-0.39, 0.29) is 18.5 Å². The number of hydrogen-bond acceptors (Lipinski definition) is 4. The van der Waals surface area contributed by atoms with Crippen LogP contribution in [-0.2, 0) is 9.53 Å². The Morgan fingerprint density at radius 1 is 1.50 bits per heavy atom. The van der Waals surface area contributed by atoms with Crippen molar-refractivity contribution in [2.45, 2.75) is 33.7 Å². The average Bonchev–Trinajstić information content (AvgIpc) is 2.71. The van der Waals surface area contributed by atoms with Crippen molar-refractivity contribution in [2.75, 3.05) is 13.2 Å². The smallest absolute Gasteiger partial charge is 0.325 e. The summed E-state index contributed by atoms with van der Waals surface area (Å²) in [5.41, 5.74) is 1.17. The summed E-state index contributed by atoms with van der Waals surface area (Å²) in [5.74, 6) is -0.620. The molecule has 1 aromatic heterocycles. The van der Waals surface area contributed by atoms with Crippen LogP contribution in [0.5, 0.6) is 0 Å². The van der Waals surface area contributed by atoms with Crippen LogP contribution in [0.25, 0.3) is 0 Å². The first-order valence-electron chi connectivity index (χ1n) is 5.93. The highest BCUT2D eigenvalue weighted by Crippen LogP contribution is 2.10. The Kier molecular flexibility index (Phi) is 4.88. The Labute approximate surface area is 106 Å². The predicted molar refractivity (Wildman–Crippen MR) is 66.1 cm³/mol. The van der Waals surface area contributed by atoms with Crippen molar-refractivity contribution < 1.29 is 14.3 Å². The molecule has 1 N–H and O–H groups in total. The summed E-state index contributed by atoms with van der Waals surface area (Å²) in [7, 11) is 0. The molecule has 0 fully saturated rings. The monoisotopic (exact) mass is 253 g/mol. The molecule has 0 aromatic carbocycles. The van der Waals surface area contributed by atoms with E-state index in [0.29, 0.717) is 17.9 Å². The van der Waals surface area contributed by atoms with Crippen LogP contribution in [0.1, 0.15) is 36.8 Å². The Balaban J connectivity index is 2.83. The van der Waals surface area contributed by atoms with Crippen molar-refractivity contribution in [3.8, 4) is 0 Å². The van der Waals surface area contributed by atoms with Gasteiger partial charge in [0.2, 0.25) is 0 Å². The van der Waals surface area contributed by atoms with Gasteiger partial charge in [0.1, 0.15) is 6.54 Å². The van der Waals surface area contributed by atoms with Gasteiger partial charge in [-0.15, -0.1) is 0 Å². The highest BCUT2D eigenvalue weighted by atomic mass is 16.5. The van der Waals surface area contributed by atoms with E-state index in [9.17, 15) is 9.59 Å². The lowest BCUT2D eigenvalue weighted by Crippen LogP contribution is -2.41. The van der Waals surface area contributed by atoms with Crippen LogP contribution in [0.15, 0.2) is 6.20 Å². The van der Waals surface area contributed by atoms with Crippen molar-refractivity contribution in [2.24, 2.45) is 0 Å². The molecule has 6 heteroatoms. The van der Waals surface area contributed by atoms with Crippen LogP contribution in [0.2, 0.25) is 0 Å². The number of nitrogens with zero attached hydrogens (tertiary/aromatic N) is 2. The number of carbonyl (C=O) groups excluding carboxylic acids is 2. The lowest BCUT2D eigenvalue weighted by Gasteiger charge is -2.25. The van der Waals surface area contributed by atoms with Crippen LogP contribution in [0.4, 0.5) is 0 Å². The molecule has 0 saturated heterocycles. The number of hydrogen-bond donors (Lipinski definition) is 1. The highest BCUT2D eigenvalue weighted by molar-refractivity contribution is 5.96. The van der Waals surface area contributed by atoms with Gasteiger partial charge in [-0.05, 0) is 27.7 Å². The second kappa shape index (κ2) is 6.18. The molecule has 18 heavy (non-hydrogen) atoms. The molecule has 6 nitrogen and oxygen atoms in total. The Morgan fingerprint density at radius 3 is 2.61 bits per heavy atom. The molecule has 1 amide bonds. The van der Waals surface area contributed by atoms with E-state index in [1.54, 1.807) is 13.8 Å². The summed E-state index contributed by atoms with van der Waals surface area (Å²) in [6, 6.07) is -0.0868. The molecule has 0 aliphatic carbocycles. The second-order valence-electron chi connectivity index (χ2n) is 4.24. The number of ether oxygens (including phenoxy) is 1. The Morgan fingerprint density at radius 2 is 2.17 bits per heavy atom. The first-order valence-corrected chi connectivity index (χ1v) is 5.93. The van der Waals surface area contributed by atoms with E-state index < -0.39 is 5.97 Å². The van der Waals surface area contributed by atoms with Gasteiger partial charge in [0.15, 0.2) is 0 Å². The summed E-state index contributed by atoms with van der Waals surface area (Å²) in [4.78, 5) is 25.2. The van der Waals surface area contributed by atoms with Crippen molar-refractivity contribution in [3.63, 3.8) is 0 Å². The number of esters is 1. The number of H-pyrrole nitrogens is 1. The van der Waals surface area contributed by atoms with Crippen molar-refractivity contribution in [1.82, 2.24) is 15.1 Å². The number of aryl methyl sites for hydroxylation is 1. The lowest BCUT2D eigenvalue weighted by atomic mass is 10.2. The Hall–Kier alpha value is -1.85. The zero-order valence-electron chi connectivity index (χ0n) is 11.2. The van der Waals surface area contributed by atoms with Crippen LogP contribution in [-0.4, -0.2) is 46.2 Å². The first-order chi connectivity index (χ1) is 8.47. The van der Waals surface area contributed by atoms with E-state index >= 15 is 0 Å². The van der Waals surface area contributed by atoms with E-state index in [4.69, 9.17) is 4.74 Å². The fourth-order valence-corrected chi connectivity index (χ4v) is 1.56. The molecule has 1 heterocycles. The molecular formula is C12H19N3O3. The molecule has 0 unspecified atom stereocenters. The van der Waals surface area contributed by atoms with E-state index in [0.717, 1.165) is 0 Å². The van der Waals surface area contributed by atoms with E-state index in [1.807, 2.05) is 13.8 Å². The predicted octanol–water partition coefficient (Wildman–Crippen LogP) is 1.13. The first kappa shape index (κ1) is 14.2. The summed E-state index contributed by atoms with van der Waals surface area (Å²) in [6.45, 7) is 7.47. The molecule has 0 radical (unpaired) electrons. The number of carbonyl (C=O) groups is 2. The maximum absolute atomic E-state index is 12.3. The average molecular weight is 253 g/mol.